The minimum atomic E-state index is -0.489. The van der Waals surface area contributed by atoms with E-state index in [0.29, 0.717) is 17.1 Å². The van der Waals surface area contributed by atoms with Crippen LogP contribution in [-0.4, -0.2) is 0 Å². The molecule has 0 aliphatic heterocycles. The third-order valence-electron chi connectivity index (χ3n) is 2.79. The summed E-state index contributed by atoms with van der Waals surface area (Å²) in [5.74, 6) is -0.275. The first-order valence-corrected chi connectivity index (χ1v) is 6.20. The normalized spacial score (nSPS) is 11.8. The maximum Gasteiger partial charge on any atom is 0.127 e. The number of hydrogen-bond donors (Lipinski definition) is 1. The predicted octanol–water partition coefficient (Wildman–Crippen LogP) is 3.83. The van der Waals surface area contributed by atoms with E-state index in [1.165, 1.54) is 6.07 Å². The van der Waals surface area contributed by atoms with Crippen molar-refractivity contribution in [2.24, 2.45) is 0 Å². The maximum absolute atomic E-state index is 13.5. The van der Waals surface area contributed by atoms with Gasteiger partial charge < -0.3 is 0 Å². The third-order valence-corrected chi connectivity index (χ3v) is 3.04. The third kappa shape index (κ3) is 3.54. The van der Waals surface area contributed by atoms with Gasteiger partial charge in [0.05, 0.1) is 6.07 Å². The summed E-state index contributed by atoms with van der Waals surface area (Å²) < 4.78 is 13.5. The van der Waals surface area contributed by atoms with Gasteiger partial charge in [0.1, 0.15) is 11.9 Å². The first-order chi connectivity index (χ1) is 9.20. The number of benzene rings is 2. The average Bonchev–Trinajstić information content (AvgIpc) is 2.43. The summed E-state index contributed by atoms with van der Waals surface area (Å²) in [6, 6.07) is 15.2. The van der Waals surface area contributed by atoms with Crippen molar-refractivity contribution in [3.05, 3.63) is 70.5 Å². The number of nitrogens with one attached hydrogen (secondary N) is 1. The molecule has 0 aromatic heterocycles. The van der Waals surface area contributed by atoms with Crippen LogP contribution in [0.3, 0.4) is 0 Å². The molecule has 4 heteroatoms. The number of rotatable bonds is 4. The van der Waals surface area contributed by atoms with Gasteiger partial charge in [0.25, 0.3) is 0 Å². The largest absolute Gasteiger partial charge is 0.294 e. The Morgan fingerprint density at radius 1 is 1.16 bits per heavy atom. The van der Waals surface area contributed by atoms with Crippen molar-refractivity contribution >= 4 is 11.6 Å². The van der Waals surface area contributed by atoms with E-state index in [9.17, 15) is 4.39 Å². The Balaban J connectivity index is 2.07. The van der Waals surface area contributed by atoms with Gasteiger partial charge in [0.2, 0.25) is 0 Å². The second-order valence-corrected chi connectivity index (χ2v) is 4.52. The van der Waals surface area contributed by atoms with Crippen LogP contribution in [0.15, 0.2) is 48.5 Å². The highest BCUT2D eigenvalue weighted by molar-refractivity contribution is 6.30. The van der Waals surface area contributed by atoms with E-state index in [2.05, 4.69) is 11.4 Å². The molecule has 0 saturated heterocycles. The van der Waals surface area contributed by atoms with E-state index < -0.39 is 6.04 Å². The van der Waals surface area contributed by atoms with Gasteiger partial charge in [-0.15, -0.1) is 0 Å². The zero-order valence-electron chi connectivity index (χ0n) is 10.1. The van der Waals surface area contributed by atoms with Crippen LogP contribution in [-0.2, 0) is 6.54 Å². The molecule has 2 aromatic rings. The highest BCUT2D eigenvalue weighted by atomic mass is 35.5. The standard InChI is InChI=1S/C15H12ClFN2/c16-13-7-5-11(6-8-13)15(9-18)19-10-12-3-1-2-4-14(12)17/h1-8,15,19H,10H2. The fourth-order valence-electron chi connectivity index (χ4n) is 1.75. The molecule has 0 aliphatic carbocycles. The minimum absolute atomic E-state index is 0.275. The average molecular weight is 275 g/mol. The molecule has 19 heavy (non-hydrogen) atoms. The molecule has 96 valence electrons. The van der Waals surface area contributed by atoms with Crippen LogP contribution in [0.5, 0.6) is 0 Å². The van der Waals surface area contributed by atoms with E-state index in [4.69, 9.17) is 16.9 Å². The Kier molecular flexibility index (Phi) is 4.51. The van der Waals surface area contributed by atoms with Crippen LogP contribution in [0, 0.1) is 17.1 Å². The molecule has 0 saturated carbocycles. The molecule has 1 atom stereocenters. The molecule has 0 heterocycles. The van der Waals surface area contributed by atoms with Gasteiger partial charge >= 0.3 is 0 Å². The molecular weight excluding hydrogens is 263 g/mol. The molecule has 0 radical (unpaired) electrons. The van der Waals surface area contributed by atoms with Crippen LogP contribution in [0.1, 0.15) is 17.2 Å². The number of nitrogens with zero attached hydrogens (tertiary/aromatic N) is 1. The first-order valence-electron chi connectivity index (χ1n) is 5.82. The summed E-state index contributed by atoms with van der Waals surface area (Å²) in [6.07, 6.45) is 0. The quantitative estimate of drug-likeness (QED) is 0.920. The molecule has 1 unspecified atom stereocenters. The summed E-state index contributed by atoms with van der Waals surface area (Å²) in [5.41, 5.74) is 1.35. The number of hydrogen-bond acceptors (Lipinski definition) is 2. The van der Waals surface area contributed by atoms with Crippen LogP contribution in [0.25, 0.3) is 0 Å². The van der Waals surface area contributed by atoms with Crippen molar-refractivity contribution in [3.8, 4) is 6.07 Å². The summed E-state index contributed by atoms with van der Waals surface area (Å²) >= 11 is 5.80. The van der Waals surface area contributed by atoms with Gasteiger partial charge in [-0.1, -0.05) is 41.9 Å². The molecular formula is C15H12ClFN2. The van der Waals surface area contributed by atoms with Gasteiger partial charge in [-0.05, 0) is 23.8 Å². The highest BCUT2D eigenvalue weighted by Crippen LogP contribution is 2.17. The summed E-state index contributed by atoms with van der Waals surface area (Å²) in [7, 11) is 0. The highest BCUT2D eigenvalue weighted by Gasteiger charge is 2.10. The van der Waals surface area contributed by atoms with Gasteiger partial charge in [-0.2, -0.15) is 5.26 Å². The fraction of sp³-hybridized carbons (Fsp3) is 0.133. The van der Waals surface area contributed by atoms with Gasteiger partial charge in [-0.3, -0.25) is 5.32 Å². The Labute approximate surface area is 116 Å². The molecule has 0 spiro atoms. The monoisotopic (exact) mass is 274 g/mol. The molecule has 0 bridgehead atoms. The van der Waals surface area contributed by atoms with E-state index in [-0.39, 0.29) is 5.82 Å². The molecule has 2 nitrogen and oxygen atoms in total. The molecule has 0 aliphatic rings. The Morgan fingerprint density at radius 2 is 1.84 bits per heavy atom. The lowest BCUT2D eigenvalue weighted by Gasteiger charge is -2.12. The van der Waals surface area contributed by atoms with Crippen LogP contribution in [0.2, 0.25) is 5.02 Å². The van der Waals surface area contributed by atoms with E-state index in [0.717, 1.165) is 5.56 Å². The second kappa shape index (κ2) is 6.33. The van der Waals surface area contributed by atoms with Crippen LogP contribution in [0.4, 0.5) is 4.39 Å². The van der Waals surface area contributed by atoms with Crippen molar-refractivity contribution in [3.63, 3.8) is 0 Å². The van der Waals surface area contributed by atoms with Crippen molar-refractivity contribution in [1.29, 1.82) is 5.26 Å². The molecule has 0 fully saturated rings. The van der Waals surface area contributed by atoms with Crippen LogP contribution >= 0.6 is 11.6 Å². The van der Waals surface area contributed by atoms with E-state index >= 15 is 0 Å². The summed E-state index contributed by atoms with van der Waals surface area (Å²) in [6.45, 7) is 0.299. The SMILES string of the molecule is N#CC(NCc1ccccc1F)c1ccc(Cl)cc1. The predicted molar refractivity (Wildman–Crippen MR) is 73.0 cm³/mol. The Morgan fingerprint density at radius 3 is 2.47 bits per heavy atom. The van der Waals surface area contributed by atoms with Crippen molar-refractivity contribution in [2.75, 3.05) is 0 Å². The van der Waals surface area contributed by atoms with Gasteiger partial charge in [0.15, 0.2) is 0 Å². The smallest absolute Gasteiger partial charge is 0.127 e. The first kappa shape index (κ1) is 13.5. The molecule has 2 aromatic carbocycles. The summed E-state index contributed by atoms with van der Waals surface area (Å²) in [5, 5.41) is 12.8. The lowest BCUT2D eigenvalue weighted by Crippen LogP contribution is -2.20. The van der Waals surface area contributed by atoms with E-state index in [1.54, 1.807) is 42.5 Å². The zero-order valence-corrected chi connectivity index (χ0v) is 10.9. The maximum atomic E-state index is 13.5. The molecule has 2 rings (SSSR count). The number of nitriles is 1. The minimum Gasteiger partial charge on any atom is -0.294 e. The molecule has 1 N–H and O–H groups in total. The van der Waals surface area contributed by atoms with E-state index in [1.807, 2.05) is 0 Å². The fourth-order valence-corrected chi connectivity index (χ4v) is 1.87. The molecule has 0 amide bonds. The van der Waals surface area contributed by atoms with Gasteiger partial charge in [0, 0.05) is 17.1 Å². The van der Waals surface area contributed by atoms with Crippen molar-refractivity contribution < 1.29 is 4.39 Å². The lowest BCUT2D eigenvalue weighted by atomic mass is 10.1. The topological polar surface area (TPSA) is 35.8 Å². The van der Waals surface area contributed by atoms with Crippen molar-refractivity contribution in [1.82, 2.24) is 5.32 Å². The zero-order chi connectivity index (χ0) is 13.7. The van der Waals surface area contributed by atoms with Gasteiger partial charge in [-0.25, -0.2) is 4.39 Å². The Bertz CT molecular complexity index is 590. The van der Waals surface area contributed by atoms with Crippen molar-refractivity contribution in [2.45, 2.75) is 12.6 Å². The Hall–Kier alpha value is -1.89. The summed E-state index contributed by atoms with van der Waals surface area (Å²) in [4.78, 5) is 0. The lowest BCUT2D eigenvalue weighted by molar-refractivity contribution is 0.571. The van der Waals surface area contributed by atoms with Crippen LogP contribution < -0.4 is 5.32 Å². The second-order valence-electron chi connectivity index (χ2n) is 4.09. The number of halogens is 2.